The smallest absolute Gasteiger partial charge is 0.227 e. The molecule has 2 unspecified atom stereocenters. The molecule has 1 N–H and O–H groups in total. The molecule has 0 radical (unpaired) electrons. The summed E-state index contributed by atoms with van der Waals surface area (Å²) in [6, 6.07) is 13.3. The number of aryl methyl sites for hydroxylation is 1. The molecule has 4 rings (SSSR count). The number of hydrogen-bond donors (Lipinski definition) is 1. The van der Waals surface area contributed by atoms with Gasteiger partial charge in [-0.25, -0.2) is 4.98 Å². The van der Waals surface area contributed by atoms with Crippen molar-refractivity contribution in [3.05, 3.63) is 53.2 Å². The van der Waals surface area contributed by atoms with Crippen LogP contribution in [0.5, 0.6) is 5.88 Å². The Morgan fingerprint density at radius 2 is 2.10 bits per heavy atom. The molecule has 1 fully saturated rings. The second-order valence-electron chi connectivity index (χ2n) is 8.82. The van der Waals surface area contributed by atoms with Crippen molar-refractivity contribution in [3.63, 3.8) is 0 Å². The van der Waals surface area contributed by atoms with Crippen LogP contribution in [0, 0.1) is 0 Å². The fourth-order valence-electron chi connectivity index (χ4n) is 4.80. The Hall–Kier alpha value is -2.44. The number of pyridine rings is 1. The van der Waals surface area contributed by atoms with Crippen LogP contribution in [0.3, 0.4) is 0 Å². The Bertz CT molecular complexity index is 896. The third kappa shape index (κ3) is 4.91. The van der Waals surface area contributed by atoms with E-state index < -0.39 is 0 Å². The van der Waals surface area contributed by atoms with E-state index in [1.54, 1.807) is 12.0 Å². The molecule has 2 aliphatic heterocycles. The molecule has 6 heteroatoms. The third-order valence-electron chi connectivity index (χ3n) is 6.66. The Labute approximate surface area is 185 Å². The van der Waals surface area contributed by atoms with Crippen molar-refractivity contribution >= 4 is 11.6 Å². The van der Waals surface area contributed by atoms with Crippen molar-refractivity contribution in [2.75, 3.05) is 38.7 Å². The first-order valence-electron chi connectivity index (χ1n) is 11.4. The number of piperidine rings is 1. The van der Waals surface area contributed by atoms with E-state index in [-0.39, 0.29) is 5.91 Å². The highest BCUT2D eigenvalue weighted by Crippen LogP contribution is 2.32. The lowest BCUT2D eigenvalue weighted by Crippen LogP contribution is -2.47. The Balaban J connectivity index is 1.62. The summed E-state index contributed by atoms with van der Waals surface area (Å²) in [5.41, 5.74) is 4.28. The summed E-state index contributed by atoms with van der Waals surface area (Å²) < 4.78 is 5.69. The minimum atomic E-state index is 0.149. The van der Waals surface area contributed by atoms with Crippen molar-refractivity contribution in [2.45, 2.75) is 51.1 Å². The molecule has 2 aliphatic rings. The zero-order chi connectivity index (χ0) is 21.8. The van der Waals surface area contributed by atoms with E-state index in [2.05, 4.69) is 53.5 Å². The van der Waals surface area contributed by atoms with Gasteiger partial charge in [-0.05, 0) is 36.9 Å². The van der Waals surface area contributed by atoms with Crippen LogP contribution in [0.1, 0.15) is 48.9 Å². The topological polar surface area (TPSA) is 57.7 Å². The van der Waals surface area contributed by atoms with E-state index in [1.165, 1.54) is 18.4 Å². The Morgan fingerprint density at radius 3 is 2.81 bits per heavy atom. The fourth-order valence-corrected chi connectivity index (χ4v) is 4.80. The second kappa shape index (κ2) is 9.79. The minimum Gasteiger partial charge on any atom is -0.481 e. The normalized spacial score (nSPS) is 19.9. The number of hydrogen-bond acceptors (Lipinski definition) is 5. The maximum atomic E-state index is 12.2. The maximum Gasteiger partial charge on any atom is 0.227 e. The number of methoxy groups -OCH3 is 1. The largest absolute Gasteiger partial charge is 0.481 e. The van der Waals surface area contributed by atoms with Gasteiger partial charge in [0, 0.05) is 51.1 Å². The molecule has 31 heavy (non-hydrogen) atoms. The lowest BCUT2D eigenvalue weighted by atomic mass is 9.97. The van der Waals surface area contributed by atoms with Crippen LogP contribution in [0.25, 0.3) is 0 Å². The molecule has 6 nitrogen and oxygen atoms in total. The highest BCUT2D eigenvalue weighted by Gasteiger charge is 2.28. The predicted octanol–water partition coefficient (Wildman–Crippen LogP) is 3.36. The van der Waals surface area contributed by atoms with Crippen LogP contribution < -0.4 is 15.0 Å². The fraction of sp³-hybridized carbons (Fsp3) is 0.520. The number of fused-ring (bicyclic) bond motifs is 1. The number of amides is 1. The van der Waals surface area contributed by atoms with Crippen molar-refractivity contribution in [2.24, 2.45) is 0 Å². The third-order valence-corrected chi connectivity index (χ3v) is 6.66. The van der Waals surface area contributed by atoms with Gasteiger partial charge in [0.05, 0.1) is 18.5 Å². The summed E-state index contributed by atoms with van der Waals surface area (Å²) in [7, 11) is 3.54. The van der Waals surface area contributed by atoms with Gasteiger partial charge in [0.15, 0.2) is 0 Å². The molecule has 1 saturated heterocycles. The van der Waals surface area contributed by atoms with Crippen LogP contribution in [-0.4, -0.2) is 55.6 Å². The van der Waals surface area contributed by atoms with E-state index in [1.807, 2.05) is 7.05 Å². The van der Waals surface area contributed by atoms with Gasteiger partial charge < -0.3 is 15.0 Å². The van der Waals surface area contributed by atoms with Crippen molar-refractivity contribution in [3.8, 4) is 5.88 Å². The molecule has 1 aromatic carbocycles. The molecule has 3 heterocycles. The second-order valence-corrected chi connectivity index (χ2v) is 8.82. The lowest BCUT2D eigenvalue weighted by molar-refractivity contribution is -0.118. The summed E-state index contributed by atoms with van der Waals surface area (Å²) >= 11 is 0. The minimum absolute atomic E-state index is 0.149. The van der Waals surface area contributed by atoms with Crippen LogP contribution in [0.15, 0.2) is 36.4 Å². The summed E-state index contributed by atoms with van der Waals surface area (Å²) in [5, 5.41) is 3.56. The number of rotatable bonds is 7. The molecular weight excluding hydrogens is 388 g/mol. The van der Waals surface area contributed by atoms with Gasteiger partial charge in [0.2, 0.25) is 11.8 Å². The number of carbonyl (C=O) groups excluding carboxylic acids is 1. The zero-order valence-electron chi connectivity index (χ0n) is 18.9. The van der Waals surface area contributed by atoms with E-state index >= 15 is 0 Å². The maximum absolute atomic E-state index is 12.2. The first kappa shape index (κ1) is 21.8. The highest BCUT2D eigenvalue weighted by molar-refractivity contribution is 5.95. The SMILES string of the molecule is COc1nc2c(cc1CN(CC(C)c1ccccc1)C1CCCNC1)N(C)C(=O)CC2. The van der Waals surface area contributed by atoms with Crippen LogP contribution >= 0.6 is 0 Å². The number of aromatic nitrogens is 1. The summed E-state index contributed by atoms with van der Waals surface area (Å²) in [5.74, 6) is 1.25. The number of anilines is 1. The summed E-state index contributed by atoms with van der Waals surface area (Å²) in [6.07, 6.45) is 3.56. The molecule has 0 saturated carbocycles. The molecule has 166 valence electrons. The van der Waals surface area contributed by atoms with Gasteiger partial charge in [-0.2, -0.15) is 0 Å². The summed E-state index contributed by atoms with van der Waals surface area (Å²) in [6.45, 7) is 6.11. The van der Waals surface area contributed by atoms with E-state index in [4.69, 9.17) is 9.72 Å². The van der Waals surface area contributed by atoms with Crippen molar-refractivity contribution in [1.29, 1.82) is 0 Å². The van der Waals surface area contributed by atoms with Gasteiger partial charge in [0.1, 0.15) is 0 Å². The predicted molar refractivity (Wildman–Crippen MR) is 124 cm³/mol. The Morgan fingerprint density at radius 1 is 1.29 bits per heavy atom. The average Bonchev–Trinajstić information content (AvgIpc) is 2.82. The van der Waals surface area contributed by atoms with Crippen molar-refractivity contribution < 1.29 is 9.53 Å². The lowest BCUT2D eigenvalue weighted by Gasteiger charge is -2.37. The zero-order valence-corrected chi connectivity index (χ0v) is 18.9. The van der Waals surface area contributed by atoms with Gasteiger partial charge in [-0.15, -0.1) is 0 Å². The average molecular weight is 423 g/mol. The number of carbonyl (C=O) groups is 1. The number of benzene rings is 1. The quantitative estimate of drug-likeness (QED) is 0.742. The first-order chi connectivity index (χ1) is 15.1. The molecule has 2 aromatic rings. The highest BCUT2D eigenvalue weighted by atomic mass is 16.5. The molecule has 0 bridgehead atoms. The first-order valence-corrected chi connectivity index (χ1v) is 11.4. The molecule has 2 atom stereocenters. The molecular formula is C25H34N4O2. The van der Waals surface area contributed by atoms with Crippen molar-refractivity contribution in [1.82, 2.24) is 15.2 Å². The van der Waals surface area contributed by atoms with Gasteiger partial charge in [-0.3, -0.25) is 9.69 Å². The Kier molecular flexibility index (Phi) is 6.88. The molecule has 1 aromatic heterocycles. The van der Waals surface area contributed by atoms with E-state index in [9.17, 15) is 4.79 Å². The van der Waals surface area contributed by atoms with Crippen LogP contribution in [0.2, 0.25) is 0 Å². The number of nitrogens with one attached hydrogen (secondary N) is 1. The van der Waals surface area contributed by atoms with Gasteiger partial charge in [0.25, 0.3) is 0 Å². The molecule has 0 spiro atoms. The number of ether oxygens (including phenoxy) is 1. The van der Waals surface area contributed by atoms with Gasteiger partial charge in [-0.1, -0.05) is 37.3 Å². The van der Waals surface area contributed by atoms with E-state index in [0.717, 1.165) is 43.1 Å². The van der Waals surface area contributed by atoms with Crippen LogP contribution in [0.4, 0.5) is 5.69 Å². The monoisotopic (exact) mass is 422 g/mol. The van der Waals surface area contributed by atoms with E-state index in [0.29, 0.717) is 30.7 Å². The molecule has 1 amide bonds. The van der Waals surface area contributed by atoms with Gasteiger partial charge >= 0.3 is 0 Å². The standard InChI is InChI=1S/C25H34N4O2/c1-18(19-8-5-4-6-9-19)16-29(21-10-7-13-26-15-21)17-20-14-23-22(27-25(20)31-3)11-12-24(30)28(23)2/h4-6,8-9,14,18,21,26H,7,10-13,15-17H2,1-3H3. The number of nitrogens with zero attached hydrogens (tertiary/aromatic N) is 3. The molecule has 0 aliphatic carbocycles. The van der Waals surface area contributed by atoms with Crippen LogP contribution in [-0.2, 0) is 17.8 Å². The summed E-state index contributed by atoms with van der Waals surface area (Å²) in [4.78, 5) is 21.4.